The Kier molecular flexibility index (Phi) is 2.13. The molecule has 2 aliphatic rings. The summed E-state index contributed by atoms with van der Waals surface area (Å²) >= 11 is 0. The number of likely N-dealkylation sites (tertiary alicyclic amines) is 1. The standard InChI is InChI=1S/C10H20N2/c1-7(2)8-5-12(6-8)10-3-9(11)4-10/h7-10H,3-6,11H2,1-2H3. The third kappa shape index (κ3) is 1.38. The molecule has 0 spiro atoms. The lowest BCUT2D eigenvalue weighted by Crippen LogP contribution is -2.60. The zero-order valence-corrected chi connectivity index (χ0v) is 8.16. The highest BCUT2D eigenvalue weighted by Gasteiger charge is 2.38. The second-order valence-electron chi connectivity index (χ2n) is 4.84. The molecular formula is C10H20N2. The molecule has 0 atom stereocenters. The molecule has 70 valence electrons. The molecule has 0 aromatic carbocycles. The lowest BCUT2D eigenvalue weighted by molar-refractivity contribution is -0.00922. The highest BCUT2D eigenvalue weighted by molar-refractivity contribution is 4.95. The number of rotatable bonds is 2. The molecule has 1 saturated heterocycles. The van der Waals surface area contributed by atoms with E-state index in [-0.39, 0.29) is 0 Å². The maximum Gasteiger partial charge on any atom is 0.0125 e. The third-order valence-corrected chi connectivity index (χ3v) is 3.55. The lowest BCUT2D eigenvalue weighted by atomic mass is 9.80. The summed E-state index contributed by atoms with van der Waals surface area (Å²) in [5, 5.41) is 0. The van der Waals surface area contributed by atoms with E-state index in [1.54, 1.807) is 0 Å². The van der Waals surface area contributed by atoms with Gasteiger partial charge in [-0.25, -0.2) is 0 Å². The van der Waals surface area contributed by atoms with Crippen molar-refractivity contribution in [3.05, 3.63) is 0 Å². The molecule has 0 aromatic rings. The quantitative estimate of drug-likeness (QED) is 0.668. The summed E-state index contributed by atoms with van der Waals surface area (Å²) < 4.78 is 0. The van der Waals surface area contributed by atoms with E-state index in [2.05, 4.69) is 18.7 Å². The Bertz CT molecular complexity index is 155. The van der Waals surface area contributed by atoms with Crippen LogP contribution in [0, 0.1) is 11.8 Å². The lowest BCUT2D eigenvalue weighted by Gasteiger charge is -2.51. The van der Waals surface area contributed by atoms with Crippen molar-refractivity contribution in [2.45, 2.75) is 38.8 Å². The van der Waals surface area contributed by atoms with Gasteiger partial charge in [-0.05, 0) is 24.7 Å². The molecule has 1 saturated carbocycles. The number of hydrogen-bond donors (Lipinski definition) is 1. The van der Waals surface area contributed by atoms with Gasteiger partial charge >= 0.3 is 0 Å². The first-order chi connectivity index (χ1) is 5.66. The van der Waals surface area contributed by atoms with Crippen LogP contribution in [0.3, 0.4) is 0 Å². The largest absolute Gasteiger partial charge is 0.328 e. The average molecular weight is 168 g/mol. The van der Waals surface area contributed by atoms with E-state index in [1.807, 2.05) is 0 Å². The summed E-state index contributed by atoms with van der Waals surface area (Å²) in [7, 11) is 0. The summed E-state index contributed by atoms with van der Waals surface area (Å²) in [5.41, 5.74) is 5.75. The van der Waals surface area contributed by atoms with Crippen LogP contribution in [0.2, 0.25) is 0 Å². The fourth-order valence-electron chi connectivity index (χ4n) is 2.20. The Morgan fingerprint density at radius 1 is 1.25 bits per heavy atom. The van der Waals surface area contributed by atoms with Gasteiger partial charge in [-0.1, -0.05) is 13.8 Å². The molecule has 1 aliphatic carbocycles. The predicted molar refractivity (Wildman–Crippen MR) is 50.9 cm³/mol. The minimum Gasteiger partial charge on any atom is -0.328 e. The summed E-state index contributed by atoms with van der Waals surface area (Å²) in [6.45, 7) is 7.31. The number of nitrogens with zero attached hydrogens (tertiary/aromatic N) is 1. The Hall–Kier alpha value is -0.0800. The molecule has 2 N–H and O–H groups in total. The highest BCUT2D eigenvalue weighted by Crippen LogP contribution is 2.32. The van der Waals surface area contributed by atoms with Crippen LogP contribution < -0.4 is 5.73 Å². The van der Waals surface area contributed by atoms with Crippen molar-refractivity contribution in [1.82, 2.24) is 4.90 Å². The Balaban J connectivity index is 1.68. The van der Waals surface area contributed by atoms with Crippen molar-refractivity contribution in [2.75, 3.05) is 13.1 Å². The van der Waals surface area contributed by atoms with E-state index in [1.165, 1.54) is 25.9 Å². The van der Waals surface area contributed by atoms with Crippen LogP contribution in [0.15, 0.2) is 0 Å². The van der Waals surface area contributed by atoms with E-state index in [0.29, 0.717) is 6.04 Å². The van der Waals surface area contributed by atoms with Gasteiger partial charge in [0.1, 0.15) is 0 Å². The van der Waals surface area contributed by atoms with Crippen LogP contribution in [0.25, 0.3) is 0 Å². The molecule has 1 heterocycles. The first kappa shape index (κ1) is 8.52. The van der Waals surface area contributed by atoms with Crippen molar-refractivity contribution in [3.63, 3.8) is 0 Å². The van der Waals surface area contributed by atoms with E-state index < -0.39 is 0 Å². The minimum atomic E-state index is 0.507. The topological polar surface area (TPSA) is 29.3 Å². The first-order valence-corrected chi connectivity index (χ1v) is 5.16. The van der Waals surface area contributed by atoms with Crippen LogP contribution in [-0.2, 0) is 0 Å². The number of hydrogen-bond acceptors (Lipinski definition) is 2. The van der Waals surface area contributed by atoms with Crippen molar-refractivity contribution < 1.29 is 0 Å². The molecule has 1 aliphatic heterocycles. The third-order valence-electron chi connectivity index (χ3n) is 3.55. The van der Waals surface area contributed by atoms with Crippen LogP contribution in [0.1, 0.15) is 26.7 Å². The van der Waals surface area contributed by atoms with Gasteiger partial charge in [-0.2, -0.15) is 0 Å². The van der Waals surface area contributed by atoms with E-state index in [0.717, 1.165) is 17.9 Å². The molecule has 0 bridgehead atoms. The van der Waals surface area contributed by atoms with Crippen LogP contribution in [0.4, 0.5) is 0 Å². The van der Waals surface area contributed by atoms with E-state index in [9.17, 15) is 0 Å². The molecule has 12 heavy (non-hydrogen) atoms. The molecular weight excluding hydrogens is 148 g/mol. The predicted octanol–water partition coefficient (Wildman–Crippen LogP) is 1.06. The molecule has 0 radical (unpaired) electrons. The van der Waals surface area contributed by atoms with Gasteiger partial charge in [0.2, 0.25) is 0 Å². The van der Waals surface area contributed by atoms with E-state index in [4.69, 9.17) is 5.73 Å². The smallest absolute Gasteiger partial charge is 0.0125 e. The van der Waals surface area contributed by atoms with Gasteiger partial charge in [-0.3, -0.25) is 4.90 Å². The maximum absolute atomic E-state index is 5.75. The van der Waals surface area contributed by atoms with Gasteiger partial charge in [0.15, 0.2) is 0 Å². The van der Waals surface area contributed by atoms with Crippen LogP contribution in [-0.4, -0.2) is 30.1 Å². The molecule has 0 amide bonds. The zero-order valence-electron chi connectivity index (χ0n) is 8.16. The van der Waals surface area contributed by atoms with Gasteiger partial charge in [0.25, 0.3) is 0 Å². The van der Waals surface area contributed by atoms with Crippen molar-refractivity contribution >= 4 is 0 Å². The average Bonchev–Trinajstić information content (AvgIpc) is 1.79. The summed E-state index contributed by atoms with van der Waals surface area (Å²) in [6, 6.07) is 1.35. The summed E-state index contributed by atoms with van der Waals surface area (Å²) in [4.78, 5) is 2.61. The second kappa shape index (κ2) is 3.00. The Labute approximate surface area is 75.1 Å². The maximum atomic E-state index is 5.75. The molecule has 2 nitrogen and oxygen atoms in total. The fourth-order valence-corrected chi connectivity index (χ4v) is 2.20. The molecule has 0 aromatic heterocycles. The zero-order chi connectivity index (χ0) is 8.72. The van der Waals surface area contributed by atoms with Gasteiger partial charge in [0, 0.05) is 25.2 Å². The molecule has 2 rings (SSSR count). The van der Waals surface area contributed by atoms with Crippen molar-refractivity contribution in [2.24, 2.45) is 17.6 Å². The minimum absolute atomic E-state index is 0.507. The monoisotopic (exact) mass is 168 g/mol. The van der Waals surface area contributed by atoms with Gasteiger partial charge in [-0.15, -0.1) is 0 Å². The van der Waals surface area contributed by atoms with Gasteiger partial charge < -0.3 is 5.73 Å². The Morgan fingerprint density at radius 2 is 1.83 bits per heavy atom. The normalized spacial score (nSPS) is 38.0. The van der Waals surface area contributed by atoms with E-state index >= 15 is 0 Å². The van der Waals surface area contributed by atoms with Gasteiger partial charge in [0.05, 0.1) is 0 Å². The molecule has 2 fully saturated rings. The van der Waals surface area contributed by atoms with Crippen LogP contribution >= 0.6 is 0 Å². The molecule has 0 unspecified atom stereocenters. The second-order valence-corrected chi connectivity index (χ2v) is 4.84. The first-order valence-electron chi connectivity index (χ1n) is 5.16. The van der Waals surface area contributed by atoms with Crippen LogP contribution in [0.5, 0.6) is 0 Å². The number of nitrogens with two attached hydrogens (primary N) is 1. The van der Waals surface area contributed by atoms with Crippen molar-refractivity contribution in [1.29, 1.82) is 0 Å². The van der Waals surface area contributed by atoms with Crippen molar-refractivity contribution in [3.8, 4) is 0 Å². The summed E-state index contributed by atoms with van der Waals surface area (Å²) in [5.74, 6) is 1.83. The summed E-state index contributed by atoms with van der Waals surface area (Å²) in [6.07, 6.45) is 2.48. The Morgan fingerprint density at radius 3 is 2.25 bits per heavy atom. The highest BCUT2D eigenvalue weighted by atomic mass is 15.2. The SMILES string of the molecule is CC(C)C1CN(C2CC(N)C2)C1. The fraction of sp³-hybridized carbons (Fsp3) is 1.00. The molecule has 2 heteroatoms.